The highest BCUT2D eigenvalue weighted by Gasteiger charge is 2.18. The van der Waals surface area contributed by atoms with E-state index in [4.69, 9.17) is 0 Å². The van der Waals surface area contributed by atoms with Crippen LogP contribution in [-0.4, -0.2) is 10.7 Å². The summed E-state index contributed by atoms with van der Waals surface area (Å²) in [6.45, 7) is 8.63. The van der Waals surface area contributed by atoms with E-state index in [0.717, 1.165) is 12.8 Å². The molecule has 0 aromatic carbocycles. The van der Waals surface area contributed by atoms with Gasteiger partial charge in [0, 0.05) is 0 Å². The molecule has 0 spiro atoms. The van der Waals surface area contributed by atoms with Gasteiger partial charge in [-0.3, -0.25) is 0 Å². The van der Waals surface area contributed by atoms with Crippen LogP contribution in [0, 0.1) is 11.8 Å². The smallest absolute Gasteiger partial charge is 0.0802 e. The van der Waals surface area contributed by atoms with Crippen LogP contribution < -0.4 is 0 Å². The normalized spacial score (nSPS) is 37.9. The summed E-state index contributed by atoms with van der Waals surface area (Å²) in [5, 5.41) is 10.2. The topological polar surface area (TPSA) is 20.2 Å². The minimum absolute atomic E-state index is 0.591. The van der Waals surface area contributed by atoms with Crippen molar-refractivity contribution in [2.45, 2.75) is 59.0 Å². The zero-order chi connectivity index (χ0) is 12.2. The maximum Gasteiger partial charge on any atom is 0.0802 e. The predicted molar refractivity (Wildman–Crippen MR) is 70.3 cm³/mol. The first-order valence-electron chi connectivity index (χ1n) is 6.48. The predicted octanol–water partition coefficient (Wildman–Crippen LogP) is 4.09. The standard InChI is InChI=1S/C15H26O/c1-12(2)14-8-7-13(3)6-5-10-15(4,16)11-9-14/h6,9,11-12,14,16H,5,7-8,10H2,1-4H3/b11-9+,13-6+/t14-,15?/m1/s1. The van der Waals surface area contributed by atoms with Gasteiger partial charge in [-0.2, -0.15) is 0 Å². The van der Waals surface area contributed by atoms with Crippen molar-refractivity contribution in [1.82, 2.24) is 0 Å². The second kappa shape index (κ2) is 5.67. The Hall–Kier alpha value is -0.560. The molecule has 0 amide bonds. The van der Waals surface area contributed by atoms with Crippen LogP contribution >= 0.6 is 0 Å². The third kappa shape index (κ3) is 4.52. The van der Waals surface area contributed by atoms with E-state index in [1.54, 1.807) is 0 Å². The van der Waals surface area contributed by atoms with Gasteiger partial charge in [0.15, 0.2) is 0 Å². The highest BCUT2D eigenvalue weighted by Crippen LogP contribution is 2.25. The second-order valence-corrected chi connectivity index (χ2v) is 5.75. The number of hydrogen-bond acceptors (Lipinski definition) is 1. The Morgan fingerprint density at radius 2 is 2.12 bits per heavy atom. The lowest BCUT2D eigenvalue weighted by atomic mass is 9.86. The van der Waals surface area contributed by atoms with Gasteiger partial charge in [-0.1, -0.05) is 37.6 Å². The molecule has 1 heteroatoms. The first kappa shape index (κ1) is 13.5. The molecular formula is C15H26O. The lowest BCUT2D eigenvalue weighted by Crippen LogP contribution is -2.21. The molecule has 1 unspecified atom stereocenters. The molecule has 0 fully saturated rings. The lowest BCUT2D eigenvalue weighted by Gasteiger charge is -2.23. The molecule has 92 valence electrons. The van der Waals surface area contributed by atoms with Crippen LogP contribution in [0.4, 0.5) is 0 Å². The molecule has 1 N–H and O–H groups in total. The van der Waals surface area contributed by atoms with Crippen molar-refractivity contribution < 1.29 is 5.11 Å². The van der Waals surface area contributed by atoms with Crippen molar-refractivity contribution >= 4 is 0 Å². The van der Waals surface area contributed by atoms with Gasteiger partial charge in [-0.25, -0.2) is 0 Å². The van der Waals surface area contributed by atoms with Crippen LogP contribution in [0.2, 0.25) is 0 Å². The Morgan fingerprint density at radius 1 is 1.44 bits per heavy atom. The van der Waals surface area contributed by atoms with Crippen molar-refractivity contribution in [3.05, 3.63) is 23.8 Å². The van der Waals surface area contributed by atoms with E-state index < -0.39 is 5.60 Å². The Labute approximate surface area is 100 Å². The van der Waals surface area contributed by atoms with Crippen LogP contribution in [0.5, 0.6) is 0 Å². The molecule has 16 heavy (non-hydrogen) atoms. The van der Waals surface area contributed by atoms with Crippen molar-refractivity contribution in [2.75, 3.05) is 0 Å². The molecule has 2 atom stereocenters. The first-order chi connectivity index (χ1) is 7.41. The quantitative estimate of drug-likeness (QED) is 0.663. The summed E-state index contributed by atoms with van der Waals surface area (Å²) in [5.74, 6) is 1.24. The average Bonchev–Trinajstić information content (AvgIpc) is 2.16. The van der Waals surface area contributed by atoms with E-state index in [2.05, 4.69) is 32.9 Å². The van der Waals surface area contributed by atoms with Gasteiger partial charge in [0.25, 0.3) is 0 Å². The molecule has 1 rings (SSSR count). The van der Waals surface area contributed by atoms with Crippen molar-refractivity contribution in [3.63, 3.8) is 0 Å². The van der Waals surface area contributed by atoms with Crippen molar-refractivity contribution in [1.29, 1.82) is 0 Å². The molecule has 0 aromatic rings. The van der Waals surface area contributed by atoms with Gasteiger partial charge >= 0.3 is 0 Å². The van der Waals surface area contributed by atoms with Crippen LogP contribution in [-0.2, 0) is 0 Å². The number of rotatable bonds is 1. The summed E-state index contributed by atoms with van der Waals surface area (Å²) in [4.78, 5) is 0. The fraction of sp³-hybridized carbons (Fsp3) is 0.733. The van der Waals surface area contributed by atoms with Gasteiger partial charge in [0.1, 0.15) is 0 Å². The zero-order valence-electron chi connectivity index (χ0n) is 11.2. The lowest BCUT2D eigenvalue weighted by molar-refractivity contribution is 0.102. The number of aliphatic hydroxyl groups is 1. The molecule has 0 saturated carbocycles. The van der Waals surface area contributed by atoms with Crippen LogP contribution in [0.3, 0.4) is 0 Å². The molecule has 1 nitrogen and oxygen atoms in total. The highest BCUT2D eigenvalue weighted by molar-refractivity contribution is 5.07. The average molecular weight is 222 g/mol. The second-order valence-electron chi connectivity index (χ2n) is 5.75. The van der Waals surface area contributed by atoms with Crippen LogP contribution in [0.15, 0.2) is 23.8 Å². The fourth-order valence-electron chi connectivity index (χ4n) is 2.17. The third-order valence-corrected chi connectivity index (χ3v) is 3.57. The van der Waals surface area contributed by atoms with E-state index in [0.29, 0.717) is 11.8 Å². The highest BCUT2D eigenvalue weighted by atomic mass is 16.3. The molecule has 0 aliphatic heterocycles. The summed E-state index contributed by atoms with van der Waals surface area (Å²) >= 11 is 0. The first-order valence-corrected chi connectivity index (χ1v) is 6.48. The van der Waals surface area contributed by atoms with Crippen LogP contribution in [0.25, 0.3) is 0 Å². The molecule has 1 aliphatic carbocycles. The Balaban J connectivity index is 2.79. The van der Waals surface area contributed by atoms with E-state index in [9.17, 15) is 5.11 Å². The Bertz CT molecular complexity index is 271. The monoisotopic (exact) mass is 222 g/mol. The minimum atomic E-state index is -0.638. The van der Waals surface area contributed by atoms with E-state index in [-0.39, 0.29) is 0 Å². The maximum atomic E-state index is 10.2. The Morgan fingerprint density at radius 3 is 2.75 bits per heavy atom. The van der Waals surface area contributed by atoms with Gasteiger partial charge in [-0.05, 0) is 51.4 Å². The minimum Gasteiger partial charge on any atom is -0.386 e. The van der Waals surface area contributed by atoms with E-state index >= 15 is 0 Å². The summed E-state index contributed by atoms with van der Waals surface area (Å²) in [7, 11) is 0. The number of hydrogen-bond donors (Lipinski definition) is 1. The van der Waals surface area contributed by atoms with E-state index in [1.165, 1.54) is 18.4 Å². The van der Waals surface area contributed by atoms with Crippen molar-refractivity contribution in [2.24, 2.45) is 11.8 Å². The third-order valence-electron chi connectivity index (χ3n) is 3.57. The molecule has 1 aliphatic rings. The molecule has 0 radical (unpaired) electrons. The zero-order valence-corrected chi connectivity index (χ0v) is 11.2. The van der Waals surface area contributed by atoms with E-state index in [1.807, 2.05) is 13.0 Å². The summed E-state index contributed by atoms with van der Waals surface area (Å²) in [5.41, 5.74) is 0.832. The summed E-state index contributed by atoms with van der Waals surface area (Å²) < 4.78 is 0. The molecule has 0 heterocycles. The SMILES string of the molecule is C/C1=C\CCC(C)(O)/C=C/[C@H](C(C)C)CC1. The maximum absolute atomic E-state index is 10.2. The molecule has 0 saturated heterocycles. The number of allylic oxidation sites excluding steroid dienone is 3. The summed E-state index contributed by atoms with van der Waals surface area (Å²) in [6, 6.07) is 0. The molecular weight excluding hydrogens is 196 g/mol. The Kier molecular flexibility index (Phi) is 4.79. The van der Waals surface area contributed by atoms with Crippen LogP contribution in [0.1, 0.15) is 53.4 Å². The molecule has 0 aromatic heterocycles. The largest absolute Gasteiger partial charge is 0.386 e. The van der Waals surface area contributed by atoms with Gasteiger partial charge in [0.05, 0.1) is 5.60 Å². The van der Waals surface area contributed by atoms with Gasteiger partial charge < -0.3 is 5.11 Å². The summed E-state index contributed by atoms with van der Waals surface area (Å²) in [6.07, 6.45) is 10.7. The van der Waals surface area contributed by atoms with Gasteiger partial charge in [-0.15, -0.1) is 0 Å². The molecule has 0 bridgehead atoms. The van der Waals surface area contributed by atoms with Gasteiger partial charge in [0.2, 0.25) is 0 Å². The fourth-order valence-corrected chi connectivity index (χ4v) is 2.17. The van der Waals surface area contributed by atoms with Crippen molar-refractivity contribution in [3.8, 4) is 0 Å².